The van der Waals surface area contributed by atoms with Gasteiger partial charge in [-0.25, -0.2) is 0 Å². The highest BCUT2D eigenvalue weighted by atomic mass is 32.1. The fourth-order valence-corrected chi connectivity index (χ4v) is 1.89. The van der Waals surface area contributed by atoms with Crippen LogP contribution in [0.4, 0.5) is 0 Å². The molecule has 15 heavy (non-hydrogen) atoms. The van der Waals surface area contributed by atoms with Crippen molar-refractivity contribution in [2.75, 3.05) is 0 Å². The van der Waals surface area contributed by atoms with Crippen LogP contribution in [0.25, 0.3) is 0 Å². The van der Waals surface area contributed by atoms with Gasteiger partial charge in [-0.1, -0.05) is 0 Å². The second-order valence-electron chi connectivity index (χ2n) is 3.37. The molecular weight excluding hydrogens is 214 g/mol. The molecule has 0 aliphatic rings. The maximum absolute atomic E-state index is 11.4. The highest BCUT2D eigenvalue weighted by Gasteiger charge is 2.11. The Balaban J connectivity index is 2.33. The van der Waals surface area contributed by atoms with Crippen LogP contribution in [0, 0.1) is 0 Å². The summed E-state index contributed by atoms with van der Waals surface area (Å²) in [5.74, 6) is -1.04. The number of rotatable bonds is 5. The maximum atomic E-state index is 11.4. The van der Waals surface area contributed by atoms with E-state index in [1.54, 1.807) is 6.92 Å². The summed E-state index contributed by atoms with van der Waals surface area (Å²) in [5.41, 5.74) is 0.958. The van der Waals surface area contributed by atoms with Crippen LogP contribution in [0.3, 0.4) is 0 Å². The monoisotopic (exact) mass is 227 g/mol. The van der Waals surface area contributed by atoms with Crippen molar-refractivity contribution in [3.8, 4) is 0 Å². The van der Waals surface area contributed by atoms with Gasteiger partial charge in [0.15, 0.2) is 0 Å². The van der Waals surface area contributed by atoms with E-state index in [1.807, 2.05) is 16.8 Å². The van der Waals surface area contributed by atoms with E-state index in [0.717, 1.165) is 5.56 Å². The zero-order valence-corrected chi connectivity index (χ0v) is 9.21. The first-order chi connectivity index (χ1) is 7.08. The van der Waals surface area contributed by atoms with Crippen LogP contribution in [0.15, 0.2) is 16.8 Å². The van der Waals surface area contributed by atoms with E-state index in [2.05, 4.69) is 5.32 Å². The van der Waals surface area contributed by atoms with E-state index in [0.29, 0.717) is 6.42 Å². The number of thiophene rings is 1. The van der Waals surface area contributed by atoms with Gasteiger partial charge in [-0.15, -0.1) is 0 Å². The largest absolute Gasteiger partial charge is 0.481 e. The molecule has 1 aromatic heterocycles. The third kappa shape index (κ3) is 4.60. The van der Waals surface area contributed by atoms with Crippen LogP contribution >= 0.6 is 11.3 Å². The number of carbonyl (C=O) groups is 2. The molecule has 1 aromatic rings. The van der Waals surface area contributed by atoms with Gasteiger partial charge >= 0.3 is 5.97 Å². The molecule has 82 valence electrons. The van der Waals surface area contributed by atoms with Gasteiger partial charge in [0.1, 0.15) is 0 Å². The molecule has 1 rings (SSSR count). The van der Waals surface area contributed by atoms with Crippen LogP contribution in [0.5, 0.6) is 0 Å². The second kappa shape index (κ2) is 5.50. The molecule has 0 aromatic carbocycles. The van der Waals surface area contributed by atoms with E-state index < -0.39 is 5.97 Å². The molecule has 1 atom stereocenters. The average Bonchev–Trinajstić information content (AvgIpc) is 2.53. The fraction of sp³-hybridized carbons (Fsp3) is 0.400. The molecule has 2 N–H and O–H groups in total. The minimum atomic E-state index is -0.904. The highest BCUT2D eigenvalue weighted by molar-refractivity contribution is 7.07. The normalized spacial score (nSPS) is 12.1. The number of hydrogen-bond donors (Lipinski definition) is 2. The van der Waals surface area contributed by atoms with E-state index in [1.165, 1.54) is 11.3 Å². The van der Waals surface area contributed by atoms with Gasteiger partial charge in [-0.2, -0.15) is 11.3 Å². The van der Waals surface area contributed by atoms with Gasteiger partial charge in [0.2, 0.25) is 5.91 Å². The Kier molecular flexibility index (Phi) is 4.30. The molecular formula is C10H13NO3S. The lowest BCUT2D eigenvalue weighted by Crippen LogP contribution is -2.35. The number of nitrogens with one attached hydrogen (secondary N) is 1. The number of carboxylic acid groups (broad SMARTS) is 1. The van der Waals surface area contributed by atoms with Gasteiger partial charge in [0.25, 0.3) is 0 Å². The molecule has 4 nitrogen and oxygen atoms in total. The molecule has 0 bridgehead atoms. The summed E-state index contributed by atoms with van der Waals surface area (Å²) < 4.78 is 0. The first-order valence-corrected chi connectivity index (χ1v) is 5.54. The SMILES string of the molecule is CC(CC(=O)O)NC(=O)Cc1ccsc1. The van der Waals surface area contributed by atoms with Gasteiger partial charge in [-0.3, -0.25) is 9.59 Å². The zero-order chi connectivity index (χ0) is 11.3. The van der Waals surface area contributed by atoms with Crippen molar-refractivity contribution < 1.29 is 14.7 Å². The molecule has 0 spiro atoms. The van der Waals surface area contributed by atoms with E-state index >= 15 is 0 Å². The van der Waals surface area contributed by atoms with Crippen molar-refractivity contribution in [3.05, 3.63) is 22.4 Å². The lowest BCUT2D eigenvalue weighted by molar-refractivity contribution is -0.137. The van der Waals surface area contributed by atoms with Crippen LogP contribution in [-0.2, 0) is 16.0 Å². The number of carbonyl (C=O) groups excluding carboxylic acids is 1. The van der Waals surface area contributed by atoms with E-state index in [-0.39, 0.29) is 18.4 Å². The molecule has 1 unspecified atom stereocenters. The molecule has 0 aliphatic carbocycles. The molecule has 0 aliphatic heterocycles. The minimum Gasteiger partial charge on any atom is -0.481 e. The molecule has 0 saturated heterocycles. The first-order valence-electron chi connectivity index (χ1n) is 4.60. The molecule has 0 saturated carbocycles. The van der Waals surface area contributed by atoms with Crippen LogP contribution < -0.4 is 5.32 Å². The maximum Gasteiger partial charge on any atom is 0.305 e. The summed E-state index contributed by atoms with van der Waals surface area (Å²) in [6, 6.07) is 1.56. The summed E-state index contributed by atoms with van der Waals surface area (Å²) in [6.07, 6.45) is 0.267. The third-order valence-corrected chi connectivity index (χ3v) is 2.57. The Labute approximate surface area is 91.9 Å². The number of amides is 1. The highest BCUT2D eigenvalue weighted by Crippen LogP contribution is 2.06. The van der Waals surface area contributed by atoms with Crippen molar-refractivity contribution in [1.29, 1.82) is 0 Å². The van der Waals surface area contributed by atoms with E-state index in [4.69, 9.17) is 5.11 Å². The number of carboxylic acids is 1. The van der Waals surface area contributed by atoms with Crippen molar-refractivity contribution in [1.82, 2.24) is 5.32 Å². The molecule has 1 heterocycles. The summed E-state index contributed by atoms with van der Waals surface area (Å²) in [4.78, 5) is 21.8. The van der Waals surface area contributed by atoms with Crippen molar-refractivity contribution in [3.63, 3.8) is 0 Å². The number of aliphatic carboxylic acids is 1. The quantitative estimate of drug-likeness (QED) is 0.796. The lowest BCUT2D eigenvalue weighted by atomic mass is 10.2. The van der Waals surface area contributed by atoms with Crippen LogP contribution in [-0.4, -0.2) is 23.0 Å². The minimum absolute atomic E-state index is 0.0463. The third-order valence-electron chi connectivity index (χ3n) is 1.83. The lowest BCUT2D eigenvalue weighted by Gasteiger charge is -2.10. The summed E-state index contributed by atoms with van der Waals surface area (Å²) in [5, 5.41) is 14.9. The summed E-state index contributed by atoms with van der Waals surface area (Å²) in [7, 11) is 0. The summed E-state index contributed by atoms with van der Waals surface area (Å²) in [6.45, 7) is 1.68. The molecule has 5 heteroatoms. The molecule has 1 amide bonds. The summed E-state index contributed by atoms with van der Waals surface area (Å²) >= 11 is 1.54. The predicted molar refractivity (Wildman–Crippen MR) is 57.9 cm³/mol. The van der Waals surface area contributed by atoms with E-state index in [9.17, 15) is 9.59 Å². The Morgan fingerprint density at radius 3 is 2.87 bits per heavy atom. The number of hydrogen-bond acceptors (Lipinski definition) is 3. The fourth-order valence-electron chi connectivity index (χ4n) is 1.22. The smallest absolute Gasteiger partial charge is 0.305 e. The van der Waals surface area contributed by atoms with Crippen LogP contribution in [0.2, 0.25) is 0 Å². The van der Waals surface area contributed by atoms with Crippen LogP contribution in [0.1, 0.15) is 18.9 Å². The molecule has 0 radical (unpaired) electrons. The molecule has 0 fully saturated rings. The predicted octanol–water partition coefficient (Wildman–Crippen LogP) is 1.27. The Bertz CT molecular complexity index is 334. The topological polar surface area (TPSA) is 66.4 Å². The second-order valence-corrected chi connectivity index (χ2v) is 4.15. The van der Waals surface area contributed by atoms with Crippen molar-refractivity contribution in [2.24, 2.45) is 0 Å². The van der Waals surface area contributed by atoms with Crippen molar-refractivity contribution >= 4 is 23.2 Å². The standard InChI is InChI=1S/C10H13NO3S/c1-7(4-10(13)14)11-9(12)5-8-2-3-15-6-8/h2-3,6-7H,4-5H2,1H3,(H,11,12)(H,13,14). The average molecular weight is 227 g/mol. The van der Waals surface area contributed by atoms with Gasteiger partial charge < -0.3 is 10.4 Å². The Morgan fingerprint density at radius 2 is 2.33 bits per heavy atom. The van der Waals surface area contributed by atoms with Crippen molar-refractivity contribution in [2.45, 2.75) is 25.8 Å². The van der Waals surface area contributed by atoms with Gasteiger partial charge in [0, 0.05) is 6.04 Å². The Hall–Kier alpha value is -1.36. The van der Waals surface area contributed by atoms with Gasteiger partial charge in [0.05, 0.1) is 12.8 Å². The zero-order valence-electron chi connectivity index (χ0n) is 8.40. The Morgan fingerprint density at radius 1 is 1.60 bits per heavy atom. The van der Waals surface area contributed by atoms with Gasteiger partial charge in [-0.05, 0) is 29.3 Å². The first kappa shape index (κ1) is 11.7.